The van der Waals surface area contributed by atoms with Crippen molar-refractivity contribution in [1.29, 1.82) is 0 Å². The number of carbonyl (C=O) groups is 1. The Morgan fingerprint density at radius 2 is 2.11 bits per heavy atom. The van der Waals surface area contributed by atoms with Crippen LogP contribution in [0.25, 0.3) is 0 Å². The number of halogens is 1. The summed E-state index contributed by atoms with van der Waals surface area (Å²) in [5.74, 6) is 0.181. The van der Waals surface area contributed by atoms with Gasteiger partial charge in [-0.25, -0.2) is 0 Å². The molecule has 1 aromatic heterocycles. The van der Waals surface area contributed by atoms with E-state index in [4.69, 9.17) is 17.3 Å². The van der Waals surface area contributed by atoms with E-state index < -0.39 is 5.91 Å². The minimum Gasteiger partial charge on any atom is -0.365 e. The maximum Gasteiger partial charge on any atom is 0.254 e. The monoisotopic (exact) mass is 281 g/mol. The van der Waals surface area contributed by atoms with Crippen molar-refractivity contribution in [2.75, 3.05) is 0 Å². The van der Waals surface area contributed by atoms with E-state index >= 15 is 0 Å². The van der Waals surface area contributed by atoms with Gasteiger partial charge in [-0.3, -0.25) is 9.48 Å². The molecule has 0 spiro atoms. The Morgan fingerprint density at radius 3 is 2.72 bits per heavy atom. The molecular formula is C12H12ClN3OS. The second-order valence-electron chi connectivity index (χ2n) is 3.73. The molecule has 0 aliphatic rings. The molecule has 0 radical (unpaired) electrons. The van der Waals surface area contributed by atoms with Crippen molar-refractivity contribution in [3.63, 3.8) is 0 Å². The lowest BCUT2D eigenvalue weighted by Gasteiger charge is -2.04. The Labute approximate surface area is 114 Å². The van der Waals surface area contributed by atoms with Gasteiger partial charge in [0.05, 0.1) is 0 Å². The predicted molar refractivity (Wildman–Crippen MR) is 72.7 cm³/mol. The van der Waals surface area contributed by atoms with Crippen LogP contribution in [-0.4, -0.2) is 15.7 Å². The van der Waals surface area contributed by atoms with Crippen molar-refractivity contribution in [1.82, 2.24) is 9.78 Å². The number of aryl methyl sites for hydroxylation is 1. The van der Waals surface area contributed by atoms with Gasteiger partial charge in [0.25, 0.3) is 5.91 Å². The number of hydrogen-bond donors (Lipinski definition) is 1. The number of amides is 1. The van der Waals surface area contributed by atoms with E-state index in [0.29, 0.717) is 10.6 Å². The lowest BCUT2D eigenvalue weighted by molar-refractivity contribution is 0.0997. The molecule has 0 aliphatic heterocycles. The van der Waals surface area contributed by atoms with Gasteiger partial charge in [0.15, 0.2) is 5.15 Å². The summed E-state index contributed by atoms with van der Waals surface area (Å²) >= 11 is 7.37. The molecule has 0 fully saturated rings. The van der Waals surface area contributed by atoms with Crippen LogP contribution in [0.15, 0.2) is 35.4 Å². The molecule has 0 unspecified atom stereocenters. The van der Waals surface area contributed by atoms with Crippen LogP contribution in [0.5, 0.6) is 0 Å². The average Bonchev–Trinajstić information content (AvgIpc) is 2.62. The van der Waals surface area contributed by atoms with Gasteiger partial charge in [0, 0.05) is 12.8 Å². The highest BCUT2D eigenvalue weighted by atomic mass is 35.5. The highest BCUT2D eigenvalue weighted by Crippen LogP contribution is 2.29. The van der Waals surface area contributed by atoms with E-state index in [0.717, 1.165) is 11.3 Å². The topological polar surface area (TPSA) is 60.9 Å². The van der Waals surface area contributed by atoms with Crippen LogP contribution in [0, 0.1) is 0 Å². The molecule has 2 aromatic rings. The molecule has 1 amide bonds. The largest absolute Gasteiger partial charge is 0.365 e. The molecule has 18 heavy (non-hydrogen) atoms. The molecule has 94 valence electrons. The lowest BCUT2D eigenvalue weighted by atomic mass is 10.2. The second kappa shape index (κ2) is 5.46. The molecule has 0 saturated heterocycles. The van der Waals surface area contributed by atoms with Gasteiger partial charge in [0.1, 0.15) is 10.6 Å². The molecule has 6 heteroatoms. The molecule has 2 rings (SSSR count). The summed E-state index contributed by atoms with van der Waals surface area (Å²) in [5.41, 5.74) is 6.76. The standard InChI is InChI=1S/C12H12ClN3OS/c1-16-12(9(11(14)17)10(13)15-16)18-7-8-5-3-2-4-6-8/h2-6H,7H2,1H3,(H2,14,17). The zero-order valence-electron chi connectivity index (χ0n) is 9.76. The fraction of sp³-hybridized carbons (Fsp3) is 0.167. The van der Waals surface area contributed by atoms with E-state index in [1.807, 2.05) is 30.3 Å². The number of aromatic nitrogens is 2. The van der Waals surface area contributed by atoms with Gasteiger partial charge in [-0.15, -0.1) is 11.8 Å². The minimum absolute atomic E-state index is 0.153. The summed E-state index contributed by atoms with van der Waals surface area (Å²) < 4.78 is 1.58. The minimum atomic E-state index is -0.552. The van der Waals surface area contributed by atoms with Crippen molar-refractivity contribution < 1.29 is 4.79 Å². The van der Waals surface area contributed by atoms with Gasteiger partial charge in [0.2, 0.25) is 0 Å². The smallest absolute Gasteiger partial charge is 0.254 e. The van der Waals surface area contributed by atoms with Crippen molar-refractivity contribution in [3.05, 3.63) is 46.6 Å². The fourth-order valence-corrected chi connectivity index (χ4v) is 2.99. The van der Waals surface area contributed by atoms with Crippen LogP contribution < -0.4 is 5.73 Å². The van der Waals surface area contributed by atoms with E-state index in [1.165, 1.54) is 11.8 Å². The SMILES string of the molecule is Cn1nc(Cl)c(C(N)=O)c1SCc1ccccc1. The van der Waals surface area contributed by atoms with E-state index in [1.54, 1.807) is 11.7 Å². The number of carbonyl (C=O) groups excluding carboxylic acids is 1. The molecule has 4 nitrogen and oxygen atoms in total. The summed E-state index contributed by atoms with van der Waals surface area (Å²) in [4.78, 5) is 11.3. The van der Waals surface area contributed by atoms with Crippen LogP contribution in [0.2, 0.25) is 5.15 Å². The molecule has 0 bridgehead atoms. The lowest BCUT2D eigenvalue weighted by Crippen LogP contribution is -2.12. The molecule has 0 saturated carbocycles. The molecule has 0 aliphatic carbocycles. The Kier molecular flexibility index (Phi) is 3.93. The van der Waals surface area contributed by atoms with Crippen LogP contribution >= 0.6 is 23.4 Å². The number of primary amides is 1. The predicted octanol–water partition coefficient (Wildman–Crippen LogP) is 2.46. The maximum atomic E-state index is 11.3. The molecule has 2 N–H and O–H groups in total. The summed E-state index contributed by atoms with van der Waals surface area (Å²) in [6, 6.07) is 9.95. The zero-order valence-corrected chi connectivity index (χ0v) is 11.3. The molecular weight excluding hydrogens is 270 g/mol. The Bertz CT molecular complexity index is 568. The maximum absolute atomic E-state index is 11.3. The van der Waals surface area contributed by atoms with E-state index in [-0.39, 0.29) is 5.15 Å². The highest BCUT2D eigenvalue weighted by molar-refractivity contribution is 7.98. The Hall–Kier alpha value is -1.46. The number of rotatable bonds is 4. The Morgan fingerprint density at radius 1 is 1.44 bits per heavy atom. The second-order valence-corrected chi connectivity index (χ2v) is 5.06. The zero-order chi connectivity index (χ0) is 13.1. The first-order valence-corrected chi connectivity index (χ1v) is 6.65. The summed E-state index contributed by atoms with van der Waals surface area (Å²) in [5, 5.41) is 4.85. The fourth-order valence-electron chi connectivity index (χ4n) is 1.58. The summed E-state index contributed by atoms with van der Waals surface area (Å²) in [6.07, 6.45) is 0. The third-order valence-electron chi connectivity index (χ3n) is 2.42. The van der Waals surface area contributed by atoms with Crippen molar-refractivity contribution >= 4 is 29.3 Å². The number of thioether (sulfide) groups is 1. The Balaban J connectivity index is 2.22. The quantitative estimate of drug-likeness (QED) is 0.876. The van der Waals surface area contributed by atoms with Gasteiger partial charge < -0.3 is 5.73 Å². The van der Waals surface area contributed by atoms with E-state index in [9.17, 15) is 4.79 Å². The third kappa shape index (κ3) is 2.68. The third-order valence-corrected chi connectivity index (χ3v) is 3.90. The van der Waals surface area contributed by atoms with Crippen molar-refractivity contribution in [3.8, 4) is 0 Å². The molecule has 0 atom stereocenters. The normalized spacial score (nSPS) is 10.6. The van der Waals surface area contributed by atoms with Gasteiger partial charge >= 0.3 is 0 Å². The van der Waals surface area contributed by atoms with Gasteiger partial charge in [-0.1, -0.05) is 41.9 Å². The number of nitrogens with zero attached hydrogens (tertiary/aromatic N) is 2. The van der Waals surface area contributed by atoms with Crippen LogP contribution in [0.1, 0.15) is 15.9 Å². The average molecular weight is 282 g/mol. The van der Waals surface area contributed by atoms with Crippen LogP contribution in [-0.2, 0) is 12.8 Å². The number of hydrogen-bond acceptors (Lipinski definition) is 3. The molecule has 1 aromatic carbocycles. The first-order valence-electron chi connectivity index (χ1n) is 5.28. The van der Waals surface area contributed by atoms with Crippen molar-refractivity contribution in [2.45, 2.75) is 10.8 Å². The molecule has 1 heterocycles. The number of benzene rings is 1. The highest BCUT2D eigenvalue weighted by Gasteiger charge is 2.19. The first-order chi connectivity index (χ1) is 8.59. The van der Waals surface area contributed by atoms with Crippen molar-refractivity contribution in [2.24, 2.45) is 12.8 Å². The number of nitrogens with two attached hydrogens (primary N) is 1. The van der Waals surface area contributed by atoms with Gasteiger partial charge in [-0.2, -0.15) is 5.10 Å². The van der Waals surface area contributed by atoms with Crippen LogP contribution in [0.4, 0.5) is 0 Å². The summed E-state index contributed by atoms with van der Waals surface area (Å²) in [7, 11) is 1.74. The van der Waals surface area contributed by atoms with Crippen LogP contribution in [0.3, 0.4) is 0 Å². The summed E-state index contributed by atoms with van der Waals surface area (Å²) in [6.45, 7) is 0. The van der Waals surface area contributed by atoms with E-state index in [2.05, 4.69) is 5.10 Å². The van der Waals surface area contributed by atoms with Gasteiger partial charge in [-0.05, 0) is 5.56 Å². The first kappa shape index (κ1) is 13.0.